The molecule has 0 heterocycles. The van der Waals surface area contributed by atoms with E-state index in [1.807, 2.05) is 0 Å². The number of nitrogen functional groups attached to an aromatic ring is 1. The number of halogens is 1. The number of carbonyl (C=O) groups excluding carboxylic acids is 1. The summed E-state index contributed by atoms with van der Waals surface area (Å²) in [6, 6.07) is 3.08. The minimum absolute atomic E-state index is 0.106. The molecule has 0 radical (unpaired) electrons. The van der Waals surface area contributed by atoms with Gasteiger partial charge in [-0.1, -0.05) is 0 Å². The summed E-state index contributed by atoms with van der Waals surface area (Å²) in [4.78, 5) is 12.8. The Kier molecular flexibility index (Phi) is 4.52. The van der Waals surface area contributed by atoms with Crippen molar-refractivity contribution in [3.8, 4) is 0 Å². The number of carbonyl (C=O) groups is 1. The van der Waals surface area contributed by atoms with Gasteiger partial charge in [0.1, 0.15) is 11.6 Å². The molecule has 5 nitrogen and oxygen atoms in total. The Balaban J connectivity index is 2.99. The Hall–Kier alpha value is -1.63. The predicted molar refractivity (Wildman–Crippen MR) is 70.8 cm³/mol. The van der Waals surface area contributed by atoms with E-state index in [0.717, 1.165) is 6.07 Å². The lowest BCUT2D eigenvalue weighted by Gasteiger charge is -2.21. The number of anilines is 1. The minimum Gasteiger partial charge on any atom is -0.396 e. The molecule has 7 heteroatoms. The van der Waals surface area contributed by atoms with Gasteiger partial charge in [0.05, 0.1) is 10.6 Å². The van der Waals surface area contributed by atoms with Gasteiger partial charge in [0.25, 0.3) is 0 Å². The zero-order valence-electron chi connectivity index (χ0n) is 11.1. The Labute approximate surface area is 112 Å². The van der Waals surface area contributed by atoms with Gasteiger partial charge in [-0.25, -0.2) is 12.8 Å². The van der Waals surface area contributed by atoms with Gasteiger partial charge in [0, 0.05) is 13.1 Å². The van der Waals surface area contributed by atoms with Crippen molar-refractivity contribution < 1.29 is 17.6 Å². The molecule has 0 bridgehead atoms. The topological polar surface area (TPSA) is 80.5 Å². The first-order chi connectivity index (χ1) is 8.65. The van der Waals surface area contributed by atoms with E-state index < -0.39 is 27.3 Å². The zero-order valence-corrected chi connectivity index (χ0v) is 11.9. The third kappa shape index (κ3) is 3.66. The van der Waals surface area contributed by atoms with E-state index in [4.69, 9.17) is 5.73 Å². The van der Waals surface area contributed by atoms with Crippen LogP contribution in [0, 0.1) is 5.82 Å². The highest BCUT2D eigenvalue weighted by Gasteiger charge is 2.23. The maximum absolute atomic E-state index is 13.2. The summed E-state index contributed by atoms with van der Waals surface area (Å²) in [7, 11) is -2.34. The number of nitrogens with two attached hydrogens (primary N) is 1. The third-order valence-electron chi connectivity index (χ3n) is 2.81. The molecule has 1 rings (SSSR count). The van der Waals surface area contributed by atoms with E-state index in [2.05, 4.69) is 0 Å². The van der Waals surface area contributed by atoms with Gasteiger partial charge < -0.3 is 10.6 Å². The summed E-state index contributed by atoms with van der Waals surface area (Å²) in [5.74, 6) is -2.04. The summed E-state index contributed by atoms with van der Waals surface area (Å²) in [5, 5.41) is 0. The second-order valence-corrected chi connectivity index (χ2v) is 6.53. The van der Waals surface area contributed by atoms with Crippen LogP contribution in [0.15, 0.2) is 23.1 Å². The van der Waals surface area contributed by atoms with E-state index >= 15 is 0 Å². The number of amides is 1. The monoisotopic (exact) mass is 288 g/mol. The van der Waals surface area contributed by atoms with Crippen LogP contribution in [0.5, 0.6) is 0 Å². The molecule has 1 amide bonds. The lowest BCUT2D eigenvalue weighted by molar-refractivity contribution is -0.128. The fourth-order valence-corrected chi connectivity index (χ4v) is 2.59. The Morgan fingerprint density at radius 1 is 1.42 bits per heavy atom. The van der Waals surface area contributed by atoms with Crippen molar-refractivity contribution in [2.45, 2.75) is 24.8 Å². The molecule has 0 aromatic heterocycles. The first kappa shape index (κ1) is 15.4. The summed E-state index contributed by atoms with van der Waals surface area (Å²) in [6.45, 7) is 3.54. The number of nitrogens with zero attached hydrogens (tertiary/aromatic N) is 1. The molecule has 1 aromatic carbocycles. The standard InChI is InChI=1S/C12H17FN2O3S/c1-8(2)15(3)12(16)7-19(17,18)9-4-5-11(14)10(13)6-9/h4-6,8H,7,14H2,1-3H3. The molecule has 0 aliphatic heterocycles. The van der Waals surface area contributed by atoms with Crippen molar-refractivity contribution in [1.82, 2.24) is 4.90 Å². The largest absolute Gasteiger partial charge is 0.396 e. The molecule has 2 N–H and O–H groups in total. The van der Waals surface area contributed by atoms with Crippen LogP contribution in [-0.4, -0.2) is 38.1 Å². The van der Waals surface area contributed by atoms with Crippen LogP contribution in [0.1, 0.15) is 13.8 Å². The van der Waals surface area contributed by atoms with Crippen LogP contribution in [0.4, 0.5) is 10.1 Å². The summed E-state index contributed by atoms with van der Waals surface area (Å²) >= 11 is 0. The molecule has 0 aliphatic rings. The molecule has 0 fully saturated rings. The maximum atomic E-state index is 13.2. The SMILES string of the molecule is CC(C)N(C)C(=O)CS(=O)(=O)c1ccc(N)c(F)c1. The van der Waals surface area contributed by atoms with Gasteiger partial charge in [-0.2, -0.15) is 0 Å². The number of benzene rings is 1. The predicted octanol–water partition coefficient (Wildman–Crippen LogP) is 1.05. The van der Waals surface area contributed by atoms with Crippen molar-refractivity contribution in [2.24, 2.45) is 0 Å². The average Bonchev–Trinajstić information content (AvgIpc) is 2.30. The molecule has 0 unspecified atom stereocenters. The van der Waals surface area contributed by atoms with Crippen LogP contribution < -0.4 is 5.73 Å². The van der Waals surface area contributed by atoms with Crippen molar-refractivity contribution in [1.29, 1.82) is 0 Å². The quantitative estimate of drug-likeness (QED) is 0.840. The van der Waals surface area contributed by atoms with Crippen LogP contribution >= 0.6 is 0 Å². The van der Waals surface area contributed by atoms with Crippen LogP contribution in [0.2, 0.25) is 0 Å². The van der Waals surface area contributed by atoms with E-state index in [9.17, 15) is 17.6 Å². The van der Waals surface area contributed by atoms with Gasteiger partial charge >= 0.3 is 0 Å². The molecule has 0 aliphatic carbocycles. The van der Waals surface area contributed by atoms with Crippen LogP contribution in [0.3, 0.4) is 0 Å². The summed E-state index contributed by atoms with van der Waals surface area (Å²) in [6.07, 6.45) is 0. The van der Waals surface area contributed by atoms with E-state index in [0.29, 0.717) is 0 Å². The van der Waals surface area contributed by atoms with Gasteiger partial charge in [-0.3, -0.25) is 4.79 Å². The lowest BCUT2D eigenvalue weighted by Crippen LogP contribution is -2.37. The Morgan fingerprint density at radius 3 is 2.47 bits per heavy atom. The smallest absolute Gasteiger partial charge is 0.238 e. The van der Waals surface area contributed by atoms with E-state index in [1.54, 1.807) is 13.8 Å². The number of rotatable bonds is 4. The minimum atomic E-state index is -3.86. The van der Waals surface area contributed by atoms with Crippen molar-refractivity contribution in [2.75, 3.05) is 18.5 Å². The first-order valence-electron chi connectivity index (χ1n) is 5.68. The summed E-state index contributed by atoms with van der Waals surface area (Å²) in [5.41, 5.74) is 5.14. The molecule has 106 valence electrons. The normalized spacial score (nSPS) is 11.6. The maximum Gasteiger partial charge on any atom is 0.238 e. The van der Waals surface area contributed by atoms with E-state index in [1.165, 1.54) is 24.1 Å². The van der Waals surface area contributed by atoms with Gasteiger partial charge in [0.15, 0.2) is 9.84 Å². The second-order valence-electron chi connectivity index (χ2n) is 4.54. The molecular formula is C12H17FN2O3S. The van der Waals surface area contributed by atoms with Crippen molar-refractivity contribution in [3.63, 3.8) is 0 Å². The van der Waals surface area contributed by atoms with Gasteiger partial charge in [0.2, 0.25) is 5.91 Å². The first-order valence-corrected chi connectivity index (χ1v) is 7.34. The third-order valence-corrected chi connectivity index (χ3v) is 4.41. The average molecular weight is 288 g/mol. The van der Waals surface area contributed by atoms with Crippen molar-refractivity contribution in [3.05, 3.63) is 24.0 Å². The van der Waals surface area contributed by atoms with Gasteiger partial charge in [-0.15, -0.1) is 0 Å². The lowest BCUT2D eigenvalue weighted by atomic mass is 10.3. The highest BCUT2D eigenvalue weighted by Crippen LogP contribution is 2.17. The Morgan fingerprint density at radius 2 is 2.00 bits per heavy atom. The highest BCUT2D eigenvalue weighted by atomic mass is 32.2. The fourth-order valence-electron chi connectivity index (χ4n) is 1.34. The zero-order chi connectivity index (χ0) is 14.8. The second kappa shape index (κ2) is 5.56. The number of sulfone groups is 1. The Bertz CT molecular complexity index is 585. The number of hydrogen-bond acceptors (Lipinski definition) is 4. The van der Waals surface area contributed by atoms with Crippen LogP contribution in [-0.2, 0) is 14.6 Å². The summed E-state index contributed by atoms with van der Waals surface area (Å²) < 4.78 is 37.2. The highest BCUT2D eigenvalue weighted by molar-refractivity contribution is 7.92. The molecule has 19 heavy (non-hydrogen) atoms. The van der Waals surface area contributed by atoms with Crippen LogP contribution in [0.25, 0.3) is 0 Å². The number of hydrogen-bond donors (Lipinski definition) is 1. The molecule has 0 spiro atoms. The molecule has 0 saturated heterocycles. The van der Waals surface area contributed by atoms with E-state index in [-0.39, 0.29) is 16.6 Å². The molecule has 0 atom stereocenters. The molecule has 0 saturated carbocycles. The molecular weight excluding hydrogens is 271 g/mol. The fraction of sp³-hybridized carbons (Fsp3) is 0.417. The van der Waals surface area contributed by atoms with Crippen molar-refractivity contribution >= 4 is 21.4 Å². The molecule has 1 aromatic rings. The van der Waals surface area contributed by atoms with Gasteiger partial charge in [-0.05, 0) is 32.0 Å².